The van der Waals surface area contributed by atoms with E-state index >= 15 is 0 Å². The van der Waals surface area contributed by atoms with E-state index in [0.29, 0.717) is 6.54 Å². The minimum absolute atomic E-state index is 0.0627. The Morgan fingerprint density at radius 2 is 1.88 bits per heavy atom. The fourth-order valence-electron chi connectivity index (χ4n) is 3.27. The van der Waals surface area contributed by atoms with E-state index in [2.05, 4.69) is 48.6 Å². The van der Waals surface area contributed by atoms with Gasteiger partial charge in [0, 0.05) is 18.0 Å². The summed E-state index contributed by atoms with van der Waals surface area (Å²) in [6, 6.07) is 10.4. The number of amides is 1. The summed E-state index contributed by atoms with van der Waals surface area (Å²) in [6.45, 7) is 1.48. The second-order valence-electron chi connectivity index (χ2n) is 6.81. The van der Waals surface area contributed by atoms with Crippen LogP contribution in [0.25, 0.3) is 0 Å². The molecule has 24 heavy (non-hydrogen) atoms. The molecule has 0 atom stereocenters. The van der Waals surface area contributed by atoms with Crippen LogP contribution in [0.3, 0.4) is 0 Å². The Morgan fingerprint density at radius 3 is 2.67 bits per heavy atom. The number of carbonyl (C=O) groups excluding carboxylic acids is 1. The zero-order valence-electron chi connectivity index (χ0n) is 14.6. The number of nitrogens with zero attached hydrogens (tertiary/aromatic N) is 1. The largest absolute Gasteiger partial charge is 0.347 e. The lowest BCUT2D eigenvalue weighted by Gasteiger charge is -2.14. The van der Waals surface area contributed by atoms with E-state index in [4.69, 9.17) is 0 Å². The quantitative estimate of drug-likeness (QED) is 0.833. The first kappa shape index (κ1) is 17.2. The number of thiophene rings is 1. The number of carbonyl (C=O) groups is 1. The lowest BCUT2D eigenvalue weighted by atomic mass is 10.1. The molecule has 1 N–H and O–H groups in total. The predicted molar refractivity (Wildman–Crippen MR) is 101 cm³/mol. The fourth-order valence-corrected chi connectivity index (χ4v) is 4.44. The molecule has 3 rings (SSSR count). The van der Waals surface area contributed by atoms with Crippen LogP contribution in [-0.2, 0) is 25.9 Å². The molecule has 3 nitrogen and oxygen atoms in total. The third-order valence-corrected chi connectivity index (χ3v) is 5.75. The summed E-state index contributed by atoms with van der Waals surface area (Å²) in [5.41, 5.74) is 3.86. The van der Waals surface area contributed by atoms with Gasteiger partial charge in [-0.05, 0) is 62.5 Å². The Kier molecular flexibility index (Phi) is 5.69. The third-order valence-electron chi connectivity index (χ3n) is 4.51. The Balaban J connectivity index is 1.66. The Bertz CT molecular complexity index is 682. The molecule has 1 aliphatic carbocycles. The number of nitrogens with one attached hydrogen (secondary N) is 1. The van der Waals surface area contributed by atoms with Gasteiger partial charge < -0.3 is 10.2 Å². The first-order valence-electron chi connectivity index (χ1n) is 8.75. The van der Waals surface area contributed by atoms with Gasteiger partial charge in [0.25, 0.3) is 5.91 Å². The summed E-state index contributed by atoms with van der Waals surface area (Å²) < 4.78 is 0. The Morgan fingerprint density at radius 1 is 1.12 bits per heavy atom. The highest BCUT2D eigenvalue weighted by Gasteiger charge is 2.16. The van der Waals surface area contributed by atoms with E-state index in [1.165, 1.54) is 40.8 Å². The lowest BCUT2D eigenvalue weighted by molar-refractivity contribution is 0.0955. The topological polar surface area (TPSA) is 32.3 Å². The summed E-state index contributed by atoms with van der Waals surface area (Å²) in [5, 5.41) is 3.11. The zero-order valence-corrected chi connectivity index (χ0v) is 15.4. The van der Waals surface area contributed by atoms with Crippen LogP contribution >= 0.6 is 11.3 Å². The molecule has 0 saturated heterocycles. The van der Waals surface area contributed by atoms with Gasteiger partial charge in [-0.15, -0.1) is 11.3 Å². The normalized spacial score (nSPS) is 14.3. The molecule has 2 aromatic rings. The van der Waals surface area contributed by atoms with Gasteiger partial charge in [0.2, 0.25) is 0 Å². The van der Waals surface area contributed by atoms with Crippen molar-refractivity contribution in [3.8, 4) is 0 Å². The molecule has 128 valence electrons. The van der Waals surface area contributed by atoms with Crippen molar-refractivity contribution in [1.82, 2.24) is 10.2 Å². The van der Waals surface area contributed by atoms with Crippen LogP contribution in [0, 0.1) is 0 Å². The van der Waals surface area contributed by atoms with Crippen molar-refractivity contribution in [3.05, 3.63) is 56.8 Å². The number of benzene rings is 1. The highest BCUT2D eigenvalue weighted by molar-refractivity contribution is 7.14. The number of rotatable bonds is 5. The van der Waals surface area contributed by atoms with Gasteiger partial charge in [-0.3, -0.25) is 4.79 Å². The van der Waals surface area contributed by atoms with E-state index in [1.807, 2.05) is 6.07 Å². The zero-order chi connectivity index (χ0) is 16.9. The molecule has 0 aliphatic heterocycles. The molecule has 0 radical (unpaired) electrons. The van der Waals surface area contributed by atoms with Gasteiger partial charge in [-0.2, -0.15) is 0 Å². The van der Waals surface area contributed by atoms with Crippen molar-refractivity contribution in [1.29, 1.82) is 0 Å². The highest BCUT2D eigenvalue weighted by atomic mass is 32.1. The van der Waals surface area contributed by atoms with Gasteiger partial charge in [0.15, 0.2) is 0 Å². The van der Waals surface area contributed by atoms with Crippen LogP contribution in [-0.4, -0.2) is 24.9 Å². The van der Waals surface area contributed by atoms with Gasteiger partial charge in [-0.1, -0.05) is 30.7 Å². The molecule has 1 aliphatic rings. The molecule has 1 aromatic carbocycles. The molecule has 0 fully saturated rings. The van der Waals surface area contributed by atoms with Crippen LogP contribution in [0.15, 0.2) is 30.3 Å². The standard InChI is InChI=1S/C20H26N2OS/c1-22(2)14-17-10-7-6-9-16(17)13-21-20(23)19-12-15-8-4-3-5-11-18(15)24-19/h6-7,9-10,12H,3-5,8,11,13-14H2,1-2H3,(H,21,23). The predicted octanol–water partition coefficient (Wildman–Crippen LogP) is 4.01. The Labute approximate surface area is 148 Å². The summed E-state index contributed by atoms with van der Waals surface area (Å²) in [4.78, 5) is 17.0. The summed E-state index contributed by atoms with van der Waals surface area (Å²) in [6.07, 6.45) is 6.09. The van der Waals surface area contributed by atoms with E-state index < -0.39 is 0 Å². The average molecular weight is 343 g/mol. The average Bonchev–Trinajstić information content (AvgIpc) is 2.84. The second kappa shape index (κ2) is 7.95. The summed E-state index contributed by atoms with van der Waals surface area (Å²) >= 11 is 1.69. The number of hydrogen-bond acceptors (Lipinski definition) is 3. The van der Waals surface area contributed by atoms with Gasteiger partial charge in [-0.25, -0.2) is 0 Å². The van der Waals surface area contributed by atoms with Crippen LogP contribution in [0.4, 0.5) is 0 Å². The highest BCUT2D eigenvalue weighted by Crippen LogP contribution is 2.29. The van der Waals surface area contributed by atoms with Crippen molar-refractivity contribution in [2.45, 2.75) is 45.2 Å². The third kappa shape index (κ3) is 4.25. The minimum Gasteiger partial charge on any atom is -0.347 e. The lowest BCUT2D eigenvalue weighted by Crippen LogP contribution is -2.23. The summed E-state index contributed by atoms with van der Waals surface area (Å²) in [5.74, 6) is 0.0627. The smallest absolute Gasteiger partial charge is 0.261 e. The van der Waals surface area contributed by atoms with Crippen LogP contribution in [0.5, 0.6) is 0 Å². The molecule has 0 unspecified atom stereocenters. The molecule has 1 heterocycles. The molecular formula is C20H26N2OS. The minimum atomic E-state index is 0.0627. The number of fused-ring (bicyclic) bond motifs is 1. The molecule has 1 amide bonds. The van der Waals surface area contributed by atoms with Crippen LogP contribution in [0.2, 0.25) is 0 Å². The van der Waals surface area contributed by atoms with Crippen molar-refractivity contribution in [2.75, 3.05) is 14.1 Å². The first-order chi connectivity index (χ1) is 11.6. The SMILES string of the molecule is CN(C)Cc1ccccc1CNC(=O)c1cc2c(s1)CCCCC2. The maximum Gasteiger partial charge on any atom is 0.261 e. The van der Waals surface area contributed by atoms with E-state index in [0.717, 1.165) is 24.3 Å². The van der Waals surface area contributed by atoms with Gasteiger partial charge >= 0.3 is 0 Å². The maximum atomic E-state index is 12.5. The van der Waals surface area contributed by atoms with E-state index in [9.17, 15) is 4.79 Å². The maximum absolute atomic E-state index is 12.5. The number of hydrogen-bond donors (Lipinski definition) is 1. The fraction of sp³-hybridized carbons (Fsp3) is 0.450. The van der Waals surface area contributed by atoms with Crippen molar-refractivity contribution >= 4 is 17.2 Å². The molecule has 0 saturated carbocycles. The first-order valence-corrected chi connectivity index (χ1v) is 9.56. The molecule has 0 spiro atoms. The van der Waals surface area contributed by atoms with E-state index in [1.54, 1.807) is 11.3 Å². The number of aryl methyl sites for hydroxylation is 2. The van der Waals surface area contributed by atoms with Crippen molar-refractivity contribution in [2.24, 2.45) is 0 Å². The van der Waals surface area contributed by atoms with Gasteiger partial charge in [0.1, 0.15) is 0 Å². The molecular weight excluding hydrogens is 316 g/mol. The molecule has 4 heteroatoms. The van der Waals surface area contributed by atoms with Crippen molar-refractivity contribution < 1.29 is 4.79 Å². The van der Waals surface area contributed by atoms with Crippen LogP contribution in [0.1, 0.15) is 50.5 Å². The Hall–Kier alpha value is -1.65. The van der Waals surface area contributed by atoms with Crippen molar-refractivity contribution in [3.63, 3.8) is 0 Å². The molecule has 0 bridgehead atoms. The van der Waals surface area contributed by atoms with E-state index in [-0.39, 0.29) is 5.91 Å². The monoisotopic (exact) mass is 342 g/mol. The van der Waals surface area contributed by atoms with Gasteiger partial charge in [0.05, 0.1) is 4.88 Å². The second-order valence-corrected chi connectivity index (χ2v) is 7.95. The molecule has 1 aromatic heterocycles. The summed E-state index contributed by atoms with van der Waals surface area (Å²) in [7, 11) is 4.13. The van der Waals surface area contributed by atoms with Crippen LogP contribution < -0.4 is 5.32 Å².